The van der Waals surface area contributed by atoms with E-state index in [4.69, 9.17) is 0 Å². The number of amides is 1. The number of carbonyl (C=O) groups is 1. The molecule has 11 heteroatoms. The van der Waals surface area contributed by atoms with Crippen LogP contribution in [0.2, 0.25) is 0 Å². The Bertz CT molecular complexity index is 950. The van der Waals surface area contributed by atoms with Crippen LogP contribution in [-0.4, -0.2) is 45.0 Å². The molecule has 0 aromatic heterocycles. The van der Waals surface area contributed by atoms with Crippen molar-refractivity contribution < 1.29 is 31.1 Å². The largest absolute Gasteiger partial charge is 0.484 e. The van der Waals surface area contributed by atoms with E-state index in [2.05, 4.69) is 26.0 Å². The fourth-order valence-corrected chi connectivity index (χ4v) is 3.63. The van der Waals surface area contributed by atoms with Crippen LogP contribution in [0, 0.1) is 0 Å². The number of sulfonamides is 1. The van der Waals surface area contributed by atoms with Crippen LogP contribution >= 0.6 is 15.9 Å². The number of ether oxygens (including phenoxy) is 1. The van der Waals surface area contributed by atoms with Crippen LogP contribution in [0.3, 0.4) is 0 Å². The molecule has 1 N–H and O–H groups in total. The molecule has 0 aliphatic carbocycles. The molecule has 0 radical (unpaired) electrons. The van der Waals surface area contributed by atoms with Crippen LogP contribution in [0.15, 0.2) is 57.9 Å². The van der Waals surface area contributed by atoms with E-state index < -0.39 is 35.3 Å². The zero-order valence-electron chi connectivity index (χ0n) is 15.2. The summed E-state index contributed by atoms with van der Waals surface area (Å²) < 4.78 is 67.9. The third-order valence-corrected chi connectivity index (χ3v) is 6.02. The van der Waals surface area contributed by atoms with Crippen LogP contribution in [0.4, 0.5) is 13.2 Å². The minimum atomic E-state index is -4.45. The fraction of sp³-hybridized carbons (Fsp3) is 0.278. The van der Waals surface area contributed by atoms with Crippen molar-refractivity contribution in [3.8, 4) is 5.75 Å². The second kappa shape index (κ2) is 9.59. The first kappa shape index (κ1) is 23.2. The van der Waals surface area contributed by atoms with E-state index >= 15 is 0 Å². The Morgan fingerprint density at radius 1 is 1.17 bits per heavy atom. The molecule has 0 unspecified atom stereocenters. The predicted molar refractivity (Wildman–Crippen MR) is 104 cm³/mol. The minimum Gasteiger partial charge on any atom is -0.484 e. The van der Waals surface area contributed by atoms with Gasteiger partial charge in [0.1, 0.15) is 5.75 Å². The highest BCUT2D eigenvalue weighted by molar-refractivity contribution is 9.10. The number of likely N-dealkylation sites (N-methyl/N-ethyl adjacent to an activating group) is 1. The molecule has 0 heterocycles. The summed E-state index contributed by atoms with van der Waals surface area (Å²) in [5.41, 5.74) is 0.511. The quantitative estimate of drug-likeness (QED) is 0.610. The van der Waals surface area contributed by atoms with Crippen LogP contribution in [0.25, 0.3) is 0 Å². The molecule has 0 saturated carbocycles. The summed E-state index contributed by atoms with van der Waals surface area (Å²) in [4.78, 5) is 12.1. The van der Waals surface area contributed by atoms with Crippen molar-refractivity contribution in [1.82, 2.24) is 9.62 Å². The predicted octanol–water partition coefficient (Wildman–Crippen LogP) is 3.33. The Morgan fingerprint density at radius 2 is 1.83 bits per heavy atom. The van der Waals surface area contributed by atoms with E-state index in [0.717, 1.165) is 8.78 Å². The van der Waals surface area contributed by atoms with Gasteiger partial charge in [-0.25, -0.2) is 8.42 Å². The summed E-state index contributed by atoms with van der Waals surface area (Å²) in [6.07, 6.45) is -4.45. The third kappa shape index (κ3) is 7.33. The van der Waals surface area contributed by atoms with Gasteiger partial charge in [-0.05, 0) is 42.0 Å². The highest BCUT2D eigenvalue weighted by Crippen LogP contribution is 2.20. The number of hydrogen-bond acceptors (Lipinski definition) is 4. The van der Waals surface area contributed by atoms with E-state index in [9.17, 15) is 26.4 Å². The summed E-state index contributed by atoms with van der Waals surface area (Å²) in [6, 6.07) is 11.8. The van der Waals surface area contributed by atoms with Gasteiger partial charge in [-0.3, -0.25) is 4.79 Å². The number of carbonyl (C=O) groups excluding carboxylic acids is 1. The van der Waals surface area contributed by atoms with Crippen molar-refractivity contribution in [1.29, 1.82) is 0 Å². The first-order valence-electron chi connectivity index (χ1n) is 8.24. The van der Waals surface area contributed by atoms with Crippen molar-refractivity contribution in [2.45, 2.75) is 17.6 Å². The van der Waals surface area contributed by atoms with Crippen LogP contribution in [0.1, 0.15) is 5.56 Å². The lowest BCUT2D eigenvalue weighted by atomic mass is 10.2. The summed E-state index contributed by atoms with van der Waals surface area (Å²) in [5, 5.41) is 2.53. The van der Waals surface area contributed by atoms with Crippen molar-refractivity contribution in [3.63, 3.8) is 0 Å². The molecule has 158 valence electrons. The number of hydrogen-bond donors (Lipinski definition) is 1. The molecule has 2 rings (SSSR count). The highest BCUT2D eigenvalue weighted by Gasteiger charge is 2.28. The van der Waals surface area contributed by atoms with Gasteiger partial charge in [0, 0.05) is 18.1 Å². The SMILES string of the molecule is CN(CC(=O)NCc1cccc(OCC(F)(F)F)c1)S(=O)(=O)c1ccc(Br)cc1. The van der Waals surface area contributed by atoms with Gasteiger partial charge in [-0.15, -0.1) is 0 Å². The number of nitrogens with zero attached hydrogens (tertiary/aromatic N) is 1. The first-order valence-corrected chi connectivity index (χ1v) is 10.5. The van der Waals surface area contributed by atoms with E-state index in [1.165, 1.54) is 37.4 Å². The number of alkyl halides is 3. The summed E-state index contributed by atoms with van der Waals surface area (Å²) in [5.74, 6) is -0.543. The molecular formula is C18H18BrF3N2O4S. The van der Waals surface area contributed by atoms with E-state index in [-0.39, 0.29) is 17.2 Å². The normalized spacial score (nSPS) is 12.1. The molecule has 6 nitrogen and oxygen atoms in total. The summed E-state index contributed by atoms with van der Waals surface area (Å²) in [6.45, 7) is -1.82. The Kier molecular flexibility index (Phi) is 7.66. The van der Waals surface area contributed by atoms with Crippen LogP contribution in [-0.2, 0) is 21.4 Å². The molecule has 0 aliphatic rings. The second-order valence-corrected chi connectivity index (χ2v) is 9.00. The summed E-state index contributed by atoms with van der Waals surface area (Å²) in [7, 11) is -2.56. The lowest BCUT2D eigenvalue weighted by molar-refractivity contribution is -0.153. The lowest BCUT2D eigenvalue weighted by Crippen LogP contribution is -2.38. The molecular weight excluding hydrogens is 477 g/mol. The molecule has 0 atom stereocenters. The van der Waals surface area contributed by atoms with Gasteiger partial charge in [0.2, 0.25) is 15.9 Å². The van der Waals surface area contributed by atoms with Gasteiger partial charge in [0.15, 0.2) is 6.61 Å². The molecule has 2 aromatic carbocycles. The Morgan fingerprint density at radius 3 is 2.45 bits per heavy atom. The first-order chi connectivity index (χ1) is 13.5. The minimum absolute atomic E-state index is 0.00816. The molecule has 0 spiro atoms. The van der Waals surface area contributed by atoms with Crippen LogP contribution < -0.4 is 10.1 Å². The number of benzene rings is 2. The monoisotopic (exact) mass is 494 g/mol. The van der Waals surface area contributed by atoms with Crippen LogP contribution in [0.5, 0.6) is 5.75 Å². The van der Waals surface area contributed by atoms with Crippen molar-refractivity contribution >= 4 is 31.9 Å². The maximum absolute atomic E-state index is 12.5. The highest BCUT2D eigenvalue weighted by atomic mass is 79.9. The standard InChI is InChI=1S/C18H18BrF3N2O4S/c1-24(29(26,27)16-7-5-14(19)6-8-16)11-17(25)23-10-13-3-2-4-15(9-13)28-12-18(20,21)22/h2-9H,10-12H2,1H3,(H,23,25). The lowest BCUT2D eigenvalue weighted by Gasteiger charge is -2.17. The number of halogens is 4. The van der Waals surface area contributed by atoms with Gasteiger partial charge in [-0.1, -0.05) is 28.1 Å². The van der Waals surface area contributed by atoms with Crippen molar-refractivity contribution in [3.05, 3.63) is 58.6 Å². The van der Waals surface area contributed by atoms with E-state index in [1.807, 2.05) is 0 Å². The van der Waals surface area contributed by atoms with Crippen molar-refractivity contribution in [2.24, 2.45) is 0 Å². The average molecular weight is 495 g/mol. The Hall–Kier alpha value is -2.11. The Balaban J connectivity index is 1.91. The number of nitrogens with one attached hydrogen (secondary N) is 1. The van der Waals surface area contributed by atoms with Gasteiger partial charge in [0.05, 0.1) is 11.4 Å². The smallest absolute Gasteiger partial charge is 0.422 e. The molecule has 2 aromatic rings. The maximum Gasteiger partial charge on any atom is 0.422 e. The maximum atomic E-state index is 12.5. The fourth-order valence-electron chi connectivity index (χ4n) is 2.24. The third-order valence-electron chi connectivity index (χ3n) is 3.68. The van der Waals surface area contributed by atoms with Gasteiger partial charge in [-0.2, -0.15) is 17.5 Å². The Labute approximate surface area is 174 Å². The van der Waals surface area contributed by atoms with Gasteiger partial charge >= 0.3 is 6.18 Å². The molecule has 1 amide bonds. The van der Waals surface area contributed by atoms with E-state index in [1.54, 1.807) is 18.2 Å². The number of rotatable bonds is 8. The molecule has 0 aliphatic heterocycles. The topological polar surface area (TPSA) is 75.7 Å². The van der Waals surface area contributed by atoms with Crippen molar-refractivity contribution in [2.75, 3.05) is 20.2 Å². The molecule has 0 fully saturated rings. The van der Waals surface area contributed by atoms with Gasteiger partial charge < -0.3 is 10.1 Å². The molecule has 0 bridgehead atoms. The second-order valence-electron chi connectivity index (χ2n) is 6.04. The zero-order chi connectivity index (χ0) is 21.7. The van der Waals surface area contributed by atoms with E-state index in [0.29, 0.717) is 5.56 Å². The molecule has 29 heavy (non-hydrogen) atoms. The summed E-state index contributed by atoms with van der Waals surface area (Å²) >= 11 is 3.22. The zero-order valence-corrected chi connectivity index (χ0v) is 17.6. The molecule has 0 saturated heterocycles. The average Bonchev–Trinajstić information content (AvgIpc) is 2.65. The van der Waals surface area contributed by atoms with Gasteiger partial charge in [0.25, 0.3) is 0 Å².